The van der Waals surface area contributed by atoms with E-state index >= 15 is 0 Å². The Balaban J connectivity index is 2.41. The number of carbonyl (C=O) groups excluding carboxylic acids is 1. The number of aromatic carboxylic acids is 1. The van der Waals surface area contributed by atoms with Gasteiger partial charge in [0.05, 0.1) is 18.4 Å². The van der Waals surface area contributed by atoms with Crippen LogP contribution in [0.25, 0.3) is 0 Å². The monoisotopic (exact) mass is 335 g/mol. The third kappa shape index (κ3) is 3.70. The summed E-state index contributed by atoms with van der Waals surface area (Å²) in [6.07, 6.45) is 1.35. The molecule has 0 bridgehead atoms. The largest absolute Gasteiger partial charge is 0.496 e. The lowest BCUT2D eigenvalue weighted by atomic mass is 10.1. The van der Waals surface area contributed by atoms with E-state index in [-0.39, 0.29) is 22.4 Å². The van der Waals surface area contributed by atoms with Crippen LogP contribution in [0.5, 0.6) is 5.75 Å². The molecule has 1 aromatic carbocycles. The highest BCUT2D eigenvalue weighted by Gasteiger charge is 2.14. The van der Waals surface area contributed by atoms with Crippen LogP contribution in [0, 0.1) is 0 Å². The summed E-state index contributed by atoms with van der Waals surface area (Å²) in [5, 5.41) is 14.8. The number of aromatic nitrogens is 1. The third-order valence-electron chi connectivity index (χ3n) is 3.05. The third-order valence-corrected chi connectivity index (χ3v) is 3.26. The predicted molar refractivity (Wildman–Crippen MR) is 85.9 cm³/mol. The van der Waals surface area contributed by atoms with Crippen LogP contribution in [0.1, 0.15) is 20.7 Å². The molecule has 0 radical (unpaired) electrons. The molecule has 0 atom stereocenters. The molecule has 1 amide bonds. The predicted octanol–water partition coefficient (Wildman–Crippen LogP) is 2.55. The van der Waals surface area contributed by atoms with Gasteiger partial charge in [0.15, 0.2) is 0 Å². The van der Waals surface area contributed by atoms with Crippen molar-refractivity contribution < 1.29 is 19.4 Å². The molecule has 0 aliphatic heterocycles. The Morgan fingerprint density at radius 2 is 2.00 bits per heavy atom. The summed E-state index contributed by atoms with van der Waals surface area (Å²) in [5.74, 6) is -1.22. The van der Waals surface area contributed by atoms with Gasteiger partial charge in [0.2, 0.25) is 0 Å². The smallest absolute Gasteiger partial charge is 0.339 e. The minimum Gasteiger partial charge on any atom is -0.496 e. The van der Waals surface area contributed by atoms with E-state index in [4.69, 9.17) is 21.4 Å². The number of ether oxygens (including phenoxy) is 1. The van der Waals surface area contributed by atoms with Crippen molar-refractivity contribution in [1.82, 2.24) is 10.3 Å². The van der Waals surface area contributed by atoms with Gasteiger partial charge in [-0.05, 0) is 18.2 Å². The zero-order chi connectivity index (χ0) is 17.0. The van der Waals surface area contributed by atoms with Crippen LogP contribution in [-0.2, 0) is 0 Å². The number of benzene rings is 1. The Morgan fingerprint density at radius 3 is 2.61 bits per heavy atom. The van der Waals surface area contributed by atoms with Crippen molar-refractivity contribution in [3.05, 3.63) is 46.7 Å². The molecule has 0 aliphatic carbocycles. The highest BCUT2D eigenvalue weighted by atomic mass is 35.5. The van der Waals surface area contributed by atoms with Crippen LogP contribution >= 0.6 is 11.6 Å². The maximum atomic E-state index is 11.9. The van der Waals surface area contributed by atoms with Crippen molar-refractivity contribution in [3.63, 3.8) is 0 Å². The molecule has 2 aromatic rings. The van der Waals surface area contributed by atoms with Gasteiger partial charge in [-0.3, -0.25) is 4.79 Å². The number of halogens is 1. The van der Waals surface area contributed by atoms with E-state index < -0.39 is 5.97 Å². The van der Waals surface area contributed by atoms with E-state index in [2.05, 4.69) is 15.6 Å². The molecule has 8 heteroatoms. The van der Waals surface area contributed by atoms with Crippen LogP contribution in [0.3, 0.4) is 0 Å². The Labute approximate surface area is 137 Å². The molecule has 23 heavy (non-hydrogen) atoms. The zero-order valence-electron chi connectivity index (χ0n) is 12.4. The first kappa shape index (κ1) is 16.6. The van der Waals surface area contributed by atoms with Crippen molar-refractivity contribution in [2.45, 2.75) is 0 Å². The maximum Gasteiger partial charge on any atom is 0.339 e. The van der Waals surface area contributed by atoms with Gasteiger partial charge in [-0.2, -0.15) is 0 Å². The first-order chi connectivity index (χ1) is 11.0. The Morgan fingerprint density at radius 1 is 1.26 bits per heavy atom. The van der Waals surface area contributed by atoms with E-state index in [9.17, 15) is 9.59 Å². The van der Waals surface area contributed by atoms with Crippen molar-refractivity contribution in [2.75, 3.05) is 19.5 Å². The number of carbonyl (C=O) groups is 2. The Kier molecular flexibility index (Phi) is 5.02. The lowest BCUT2D eigenvalue weighted by molar-refractivity contribution is 0.0693. The number of hydrogen-bond donors (Lipinski definition) is 3. The second-order valence-electron chi connectivity index (χ2n) is 4.48. The van der Waals surface area contributed by atoms with Gasteiger partial charge in [-0.25, -0.2) is 9.78 Å². The molecule has 0 saturated carbocycles. The fourth-order valence-electron chi connectivity index (χ4n) is 1.95. The highest BCUT2D eigenvalue weighted by Crippen LogP contribution is 2.28. The standard InChI is InChI=1S/C15H14ClN3O4/c1-17-14(20)10-7-18-13(16)6-11(10)19-8-3-4-9(15(21)22)12(5-8)23-2/h3-7H,1-2H3,(H,17,20)(H,18,19)(H,21,22). The molecule has 0 unspecified atom stereocenters. The first-order valence-corrected chi connectivity index (χ1v) is 6.90. The zero-order valence-corrected chi connectivity index (χ0v) is 13.1. The van der Waals surface area contributed by atoms with Gasteiger partial charge in [0.25, 0.3) is 5.91 Å². The fourth-order valence-corrected chi connectivity index (χ4v) is 2.11. The van der Waals surface area contributed by atoms with Gasteiger partial charge in [-0.15, -0.1) is 0 Å². The number of nitrogens with one attached hydrogen (secondary N) is 2. The van der Waals surface area contributed by atoms with E-state index in [0.29, 0.717) is 16.9 Å². The molecule has 2 rings (SSSR count). The second-order valence-corrected chi connectivity index (χ2v) is 4.86. The van der Waals surface area contributed by atoms with E-state index in [1.54, 1.807) is 6.07 Å². The van der Waals surface area contributed by atoms with Gasteiger partial charge in [0, 0.05) is 25.0 Å². The molecule has 7 nitrogen and oxygen atoms in total. The lowest BCUT2D eigenvalue weighted by Crippen LogP contribution is -2.19. The van der Waals surface area contributed by atoms with Crippen molar-refractivity contribution in [3.8, 4) is 5.75 Å². The topological polar surface area (TPSA) is 101 Å². The van der Waals surface area contributed by atoms with E-state index in [1.165, 1.54) is 38.6 Å². The minimum absolute atomic E-state index is 0.0392. The lowest BCUT2D eigenvalue weighted by Gasteiger charge is -2.13. The first-order valence-electron chi connectivity index (χ1n) is 6.52. The van der Waals surface area contributed by atoms with Crippen LogP contribution in [0.2, 0.25) is 5.15 Å². The number of carboxylic acid groups (broad SMARTS) is 1. The quantitative estimate of drug-likeness (QED) is 0.726. The summed E-state index contributed by atoms with van der Waals surface area (Å²) < 4.78 is 5.07. The molecule has 0 saturated heterocycles. The van der Waals surface area contributed by atoms with Crippen molar-refractivity contribution in [2.24, 2.45) is 0 Å². The van der Waals surface area contributed by atoms with Crippen molar-refractivity contribution >= 4 is 34.9 Å². The molecule has 1 aromatic heterocycles. The van der Waals surface area contributed by atoms with Gasteiger partial charge >= 0.3 is 5.97 Å². The van der Waals surface area contributed by atoms with E-state index in [1.807, 2.05) is 0 Å². The summed E-state index contributed by atoms with van der Waals surface area (Å²) in [6, 6.07) is 5.99. The van der Waals surface area contributed by atoms with Crippen LogP contribution < -0.4 is 15.4 Å². The number of carboxylic acids is 1. The molecule has 0 spiro atoms. The molecule has 0 aliphatic rings. The Hall–Kier alpha value is -2.80. The molecular formula is C15H14ClN3O4. The maximum absolute atomic E-state index is 11.9. The van der Waals surface area contributed by atoms with Crippen LogP contribution in [-0.4, -0.2) is 36.1 Å². The summed E-state index contributed by atoms with van der Waals surface area (Å²) >= 11 is 5.87. The van der Waals surface area contributed by atoms with Gasteiger partial charge in [0.1, 0.15) is 16.5 Å². The second kappa shape index (κ2) is 6.97. The molecule has 0 fully saturated rings. The van der Waals surface area contributed by atoms with Crippen molar-refractivity contribution in [1.29, 1.82) is 0 Å². The number of nitrogens with zero attached hydrogens (tertiary/aromatic N) is 1. The molecule has 120 valence electrons. The molecule has 1 heterocycles. The average molecular weight is 336 g/mol. The fraction of sp³-hybridized carbons (Fsp3) is 0.133. The SMILES string of the molecule is CNC(=O)c1cnc(Cl)cc1Nc1ccc(C(=O)O)c(OC)c1. The normalized spacial score (nSPS) is 10.0. The number of anilines is 2. The number of pyridine rings is 1. The average Bonchev–Trinajstić information content (AvgIpc) is 2.54. The minimum atomic E-state index is -1.09. The van der Waals surface area contributed by atoms with Gasteiger partial charge < -0.3 is 20.5 Å². The number of methoxy groups -OCH3 is 1. The van der Waals surface area contributed by atoms with Crippen LogP contribution in [0.15, 0.2) is 30.5 Å². The van der Waals surface area contributed by atoms with Gasteiger partial charge in [-0.1, -0.05) is 11.6 Å². The summed E-state index contributed by atoms with van der Waals surface area (Å²) in [5.41, 5.74) is 1.32. The number of amides is 1. The number of hydrogen-bond acceptors (Lipinski definition) is 5. The molecule has 3 N–H and O–H groups in total. The Bertz CT molecular complexity index is 764. The summed E-state index contributed by atoms with van der Waals surface area (Å²) in [4.78, 5) is 26.8. The van der Waals surface area contributed by atoms with E-state index in [0.717, 1.165) is 0 Å². The van der Waals surface area contributed by atoms with Crippen LogP contribution in [0.4, 0.5) is 11.4 Å². The molecular weight excluding hydrogens is 322 g/mol. The summed E-state index contributed by atoms with van der Waals surface area (Å²) in [7, 11) is 2.89. The summed E-state index contributed by atoms with van der Waals surface area (Å²) in [6.45, 7) is 0. The highest BCUT2D eigenvalue weighted by molar-refractivity contribution is 6.29. The number of rotatable bonds is 5.